The fourth-order valence-electron chi connectivity index (χ4n) is 3.98. The van der Waals surface area contributed by atoms with E-state index in [0.717, 1.165) is 12.3 Å². The van der Waals surface area contributed by atoms with Gasteiger partial charge in [-0.25, -0.2) is 4.98 Å². The number of carbonyl (C=O) groups is 1. The number of amides is 1. The molecule has 3 unspecified atom stereocenters. The SMILES string of the molecule is CC1(C)C2CCC1(C)C(NC(=O)c1cscn1)C2. The van der Waals surface area contributed by atoms with Crippen LogP contribution in [0, 0.1) is 16.7 Å². The summed E-state index contributed by atoms with van der Waals surface area (Å²) in [4.78, 5) is 16.2. The maximum absolute atomic E-state index is 12.1. The van der Waals surface area contributed by atoms with Gasteiger partial charge in [-0.2, -0.15) is 0 Å². The van der Waals surface area contributed by atoms with Crippen LogP contribution in [0.4, 0.5) is 0 Å². The first-order valence-corrected chi connectivity index (χ1v) is 7.58. The fourth-order valence-corrected chi connectivity index (χ4v) is 4.51. The summed E-state index contributed by atoms with van der Waals surface area (Å²) in [6, 6.07) is 0.306. The van der Waals surface area contributed by atoms with Crippen molar-refractivity contribution in [2.45, 2.75) is 46.1 Å². The van der Waals surface area contributed by atoms with Gasteiger partial charge in [-0.3, -0.25) is 4.79 Å². The zero-order valence-electron chi connectivity index (χ0n) is 11.2. The number of carbonyl (C=O) groups excluding carboxylic acids is 1. The van der Waals surface area contributed by atoms with Gasteiger partial charge in [0.1, 0.15) is 5.69 Å². The van der Waals surface area contributed by atoms with Gasteiger partial charge >= 0.3 is 0 Å². The van der Waals surface area contributed by atoms with Gasteiger partial charge in [-0.05, 0) is 36.0 Å². The Bertz CT molecular complexity index is 468. The third-order valence-electron chi connectivity index (χ3n) is 5.76. The van der Waals surface area contributed by atoms with Gasteiger partial charge in [0.15, 0.2) is 0 Å². The molecule has 4 heteroatoms. The normalized spacial score (nSPS) is 36.8. The number of aromatic nitrogens is 1. The van der Waals surface area contributed by atoms with Gasteiger partial charge in [-0.15, -0.1) is 11.3 Å². The molecule has 2 bridgehead atoms. The molecule has 0 aromatic carbocycles. The summed E-state index contributed by atoms with van der Waals surface area (Å²) in [5, 5.41) is 5.03. The van der Waals surface area contributed by atoms with Crippen LogP contribution in [-0.2, 0) is 0 Å². The first kappa shape index (κ1) is 12.2. The Labute approximate surface area is 112 Å². The predicted molar refractivity (Wildman–Crippen MR) is 72.6 cm³/mol. The molecule has 2 aliphatic rings. The molecule has 0 aliphatic heterocycles. The summed E-state index contributed by atoms with van der Waals surface area (Å²) < 4.78 is 0. The zero-order valence-corrected chi connectivity index (χ0v) is 12.0. The largest absolute Gasteiger partial charge is 0.347 e. The number of rotatable bonds is 2. The highest BCUT2D eigenvalue weighted by Gasteiger charge is 2.61. The Morgan fingerprint density at radius 3 is 2.78 bits per heavy atom. The van der Waals surface area contributed by atoms with Crippen LogP contribution in [0.5, 0.6) is 0 Å². The van der Waals surface area contributed by atoms with Crippen LogP contribution in [0.25, 0.3) is 0 Å². The van der Waals surface area contributed by atoms with E-state index >= 15 is 0 Å². The van der Waals surface area contributed by atoms with Crippen LogP contribution in [0.2, 0.25) is 0 Å². The Morgan fingerprint density at radius 2 is 2.28 bits per heavy atom. The standard InChI is InChI=1S/C14H20N2OS/c1-13(2)9-4-5-14(13,3)11(6-9)16-12(17)10-7-18-8-15-10/h7-9,11H,4-6H2,1-3H3,(H,16,17). The van der Waals surface area contributed by atoms with Gasteiger partial charge in [0, 0.05) is 11.4 Å². The molecule has 1 N–H and O–H groups in total. The van der Waals surface area contributed by atoms with Crippen molar-refractivity contribution in [1.29, 1.82) is 0 Å². The lowest BCUT2D eigenvalue weighted by Crippen LogP contribution is -2.46. The summed E-state index contributed by atoms with van der Waals surface area (Å²) >= 11 is 1.47. The van der Waals surface area contributed by atoms with Crippen LogP contribution in [0.1, 0.15) is 50.5 Å². The van der Waals surface area contributed by atoms with E-state index < -0.39 is 0 Å². The minimum Gasteiger partial charge on any atom is -0.347 e. The van der Waals surface area contributed by atoms with E-state index in [2.05, 4.69) is 31.1 Å². The van der Waals surface area contributed by atoms with E-state index in [1.54, 1.807) is 5.51 Å². The van der Waals surface area contributed by atoms with Gasteiger partial charge in [-0.1, -0.05) is 20.8 Å². The van der Waals surface area contributed by atoms with Crippen molar-refractivity contribution in [3.8, 4) is 0 Å². The second-order valence-corrected chi connectivity index (χ2v) is 7.23. The van der Waals surface area contributed by atoms with Gasteiger partial charge in [0.25, 0.3) is 5.91 Å². The van der Waals surface area contributed by atoms with Crippen LogP contribution in [-0.4, -0.2) is 16.9 Å². The molecule has 0 spiro atoms. The molecule has 0 saturated heterocycles. The quantitative estimate of drug-likeness (QED) is 0.892. The Kier molecular flexibility index (Phi) is 2.56. The van der Waals surface area contributed by atoms with Gasteiger partial charge in [0.05, 0.1) is 5.51 Å². The minimum atomic E-state index is -0.00850. The van der Waals surface area contributed by atoms with Crippen molar-refractivity contribution in [2.24, 2.45) is 16.7 Å². The topological polar surface area (TPSA) is 42.0 Å². The van der Waals surface area contributed by atoms with Crippen molar-refractivity contribution < 1.29 is 4.79 Å². The van der Waals surface area contributed by atoms with Crippen LogP contribution in [0.15, 0.2) is 10.9 Å². The summed E-state index contributed by atoms with van der Waals surface area (Å²) in [7, 11) is 0. The molecule has 2 saturated carbocycles. The Hall–Kier alpha value is -0.900. The van der Waals surface area contributed by atoms with Crippen LogP contribution >= 0.6 is 11.3 Å². The van der Waals surface area contributed by atoms with Crippen molar-refractivity contribution in [1.82, 2.24) is 10.3 Å². The minimum absolute atomic E-state index is 0.00850. The van der Waals surface area contributed by atoms with E-state index in [0.29, 0.717) is 17.2 Å². The van der Waals surface area contributed by atoms with E-state index in [9.17, 15) is 4.79 Å². The van der Waals surface area contributed by atoms with E-state index in [-0.39, 0.29) is 11.3 Å². The maximum Gasteiger partial charge on any atom is 0.270 e. The first-order chi connectivity index (χ1) is 8.45. The number of fused-ring (bicyclic) bond motifs is 2. The highest BCUT2D eigenvalue weighted by atomic mass is 32.1. The second kappa shape index (κ2) is 3.80. The molecular weight excluding hydrogens is 244 g/mol. The van der Waals surface area contributed by atoms with Crippen molar-refractivity contribution in [3.05, 3.63) is 16.6 Å². The summed E-state index contributed by atoms with van der Waals surface area (Å²) in [5.74, 6) is 0.744. The molecule has 1 aromatic heterocycles. The number of nitrogens with zero attached hydrogens (tertiary/aromatic N) is 1. The molecule has 1 heterocycles. The smallest absolute Gasteiger partial charge is 0.270 e. The highest BCUT2D eigenvalue weighted by Crippen LogP contribution is 2.65. The lowest BCUT2D eigenvalue weighted by atomic mass is 9.69. The number of nitrogens with one attached hydrogen (secondary N) is 1. The predicted octanol–water partition coefficient (Wildman–Crippen LogP) is 3.09. The Balaban J connectivity index is 1.78. The van der Waals surface area contributed by atoms with Gasteiger partial charge < -0.3 is 5.32 Å². The molecule has 2 fully saturated rings. The van der Waals surface area contributed by atoms with E-state index in [1.165, 1.54) is 24.2 Å². The second-order valence-electron chi connectivity index (χ2n) is 6.51. The van der Waals surface area contributed by atoms with Crippen molar-refractivity contribution >= 4 is 17.2 Å². The van der Waals surface area contributed by atoms with Crippen molar-refractivity contribution in [3.63, 3.8) is 0 Å². The van der Waals surface area contributed by atoms with Gasteiger partial charge in [0.2, 0.25) is 0 Å². The molecule has 0 radical (unpaired) electrons. The number of hydrogen-bond donors (Lipinski definition) is 1. The summed E-state index contributed by atoms with van der Waals surface area (Å²) in [6.07, 6.45) is 3.67. The summed E-state index contributed by atoms with van der Waals surface area (Å²) in [5.41, 5.74) is 2.85. The third-order valence-corrected chi connectivity index (χ3v) is 6.35. The third kappa shape index (κ3) is 1.48. The fraction of sp³-hybridized carbons (Fsp3) is 0.714. The molecule has 3 atom stereocenters. The van der Waals surface area contributed by atoms with Crippen LogP contribution < -0.4 is 5.32 Å². The first-order valence-electron chi connectivity index (χ1n) is 6.64. The highest BCUT2D eigenvalue weighted by molar-refractivity contribution is 7.07. The molecule has 3 nitrogen and oxygen atoms in total. The molecular formula is C14H20N2OS. The Morgan fingerprint density at radius 1 is 1.50 bits per heavy atom. The molecule has 98 valence electrons. The average molecular weight is 264 g/mol. The van der Waals surface area contributed by atoms with Crippen LogP contribution in [0.3, 0.4) is 0 Å². The molecule has 1 aromatic rings. The lowest BCUT2D eigenvalue weighted by Gasteiger charge is -2.39. The monoisotopic (exact) mass is 264 g/mol. The molecule has 3 rings (SSSR count). The average Bonchev–Trinajstić information content (AvgIpc) is 2.95. The molecule has 18 heavy (non-hydrogen) atoms. The zero-order chi connectivity index (χ0) is 13.0. The molecule has 1 amide bonds. The van der Waals surface area contributed by atoms with E-state index in [1.807, 2.05) is 5.38 Å². The lowest BCUT2D eigenvalue weighted by molar-refractivity contribution is 0.0822. The van der Waals surface area contributed by atoms with Crippen molar-refractivity contribution in [2.75, 3.05) is 0 Å². The number of hydrogen-bond acceptors (Lipinski definition) is 3. The number of thiazole rings is 1. The maximum atomic E-state index is 12.1. The van der Waals surface area contributed by atoms with E-state index in [4.69, 9.17) is 0 Å². The summed E-state index contributed by atoms with van der Waals surface area (Å²) in [6.45, 7) is 7.06. The molecule has 2 aliphatic carbocycles.